The van der Waals surface area contributed by atoms with Crippen LogP contribution >= 0.6 is 0 Å². The Morgan fingerprint density at radius 1 is 0.941 bits per heavy atom. The van der Waals surface area contributed by atoms with Crippen molar-refractivity contribution in [1.29, 1.82) is 0 Å². The molecule has 282 valence electrons. The third-order valence-corrected chi connectivity index (χ3v) is 10.0. The summed E-state index contributed by atoms with van der Waals surface area (Å²) in [5.74, 6) is -1.26. The Morgan fingerprint density at radius 3 is 2.31 bits per heavy atom. The van der Waals surface area contributed by atoms with E-state index in [9.17, 15) is 27.6 Å². The Kier molecular flexibility index (Phi) is 17.2. The van der Waals surface area contributed by atoms with Crippen molar-refractivity contribution in [2.45, 2.75) is 94.8 Å². The summed E-state index contributed by atoms with van der Waals surface area (Å²) in [6.45, 7) is 4.82. The molecule has 15 heteroatoms. The number of hydrogen-bond donors (Lipinski definition) is 4. The highest BCUT2D eigenvalue weighted by Gasteiger charge is 2.35. The van der Waals surface area contributed by atoms with E-state index in [2.05, 4.69) is 10.6 Å². The Labute approximate surface area is 301 Å². The van der Waals surface area contributed by atoms with Crippen molar-refractivity contribution in [2.24, 2.45) is 11.7 Å². The van der Waals surface area contributed by atoms with E-state index in [1.807, 2.05) is 44.2 Å². The summed E-state index contributed by atoms with van der Waals surface area (Å²) >= 11 is 0. The number of carbonyl (C=O) groups excluding carboxylic acids is 4. The molecule has 1 fully saturated rings. The van der Waals surface area contributed by atoms with E-state index in [-0.39, 0.29) is 62.1 Å². The predicted octanol–water partition coefficient (Wildman–Crippen LogP) is 3.29. The maximum atomic E-state index is 14.0. The van der Waals surface area contributed by atoms with Crippen LogP contribution in [0.25, 0.3) is 0 Å². The molecule has 0 spiro atoms. The second-order valence-corrected chi connectivity index (χ2v) is 15.1. The Hall–Kier alpha value is -4.21. The molecular weight excluding hydrogens is 678 g/mol. The fourth-order valence-corrected chi connectivity index (χ4v) is 7.15. The van der Waals surface area contributed by atoms with Gasteiger partial charge in [0.1, 0.15) is 12.2 Å². The average molecular weight is 732 g/mol. The largest absolute Gasteiger partial charge is 0.459 e. The van der Waals surface area contributed by atoms with Gasteiger partial charge < -0.3 is 36.3 Å². The first-order valence-electron chi connectivity index (χ1n) is 17.5. The summed E-state index contributed by atoms with van der Waals surface area (Å²) in [4.78, 5) is 49.4. The number of amides is 3. The van der Waals surface area contributed by atoms with Crippen molar-refractivity contribution in [3.05, 3.63) is 60.2 Å². The number of nitrogens with one attached hydrogen (secondary N) is 2. The molecule has 1 aliphatic heterocycles. The molecule has 1 heterocycles. The summed E-state index contributed by atoms with van der Waals surface area (Å²) < 4.78 is 46.3. The van der Waals surface area contributed by atoms with Gasteiger partial charge in [-0.1, -0.05) is 50.6 Å². The quantitative estimate of drug-likeness (QED) is 0.0789. The maximum absolute atomic E-state index is 14.0. The van der Waals surface area contributed by atoms with Gasteiger partial charge in [-0.3, -0.25) is 14.4 Å². The Bertz CT molecular complexity index is 1500. The number of primary amides is 1. The van der Waals surface area contributed by atoms with Crippen LogP contribution in [0, 0.1) is 5.92 Å². The van der Waals surface area contributed by atoms with Crippen molar-refractivity contribution >= 4 is 39.6 Å². The van der Waals surface area contributed by atoms with Crippen molar-refractivity contribution in [3.8, 4) is 0 Å². The molecule has 1 aliphatic rings. The number of benzene rings is 2. The molecule has 2 aromatic rings. The lowest BCUT2D eigenvalue weighted by Crippen LogP contribution is -2.53. The molecule has 51 heavy (non-hydrogen) atoms. The third kappa shape index (κ3) is 15.3. The summed E-state index contributed by atoms with van der Waals surface area (Å²) in [6.07, 6.45) is 1.03. The average Bonchev–Trinajstić information content (AvgIpc) is 3.58. The van der Waals surface area contributed by atoms with E-state index >= 15 is 0 Å². The topological polar surface area (TPSA) is 209 Å². The highest BCUT2D eigenvalue weighted by molar-refractivity contribution is 7.89. The van der Waals surface area contributed by atoms with Crippen molar-refractivity contribution < 1.29 is 41.8 Å². The number of carbonyl (C=O) groups is 4. The molecule has 0 saturated carbocycles. The van der Waals surface area contributed by atoms with Crippen LogP contribution in [0.3, 0.4) is 0 Å². The first kappa shape index (κ1) is 41.2. The fourth-order valence-electron chi connectivity index (χ4n) is 5.54. The van der Waals surface area contributed by atoms with Gasteiger partial charge in [0.25, 0.3) is 0 Å². The number of hydrogen-bond acceptors (Lipinski definition) is 10. The van der Waals surface area contributed by atoms with Crippen LogP contribution in [-0.2, 0) is 45.0 Å². The van der Waals surface area contributed by atoms with E-state index in [1.165, 1.54) is 28.6 Å². The maximum Gasteiger partial charge on any atom is 0.407 e. The molecule has 0 aromatic heterocycles. The number of rotatable bonds is 22. The lowest BCUT2D eigenvalue weighted by atomic mass is 10.0. The zero-order valence-corrected chi connectivity index (χ0v) is 30.4. The standard InChI is InChI=1S/C36H53N5O9S/c1-26(2)23-41(51(46,47)30-17-15-28(37)16-18-30)24-32(50-35(44)14-7-4-8-20-39-34(43)13-9-12-33(38)42)31(22-27-10-5-3-6-11-27)40-36(45)49-29-19-21-48-25-29/h3,5-6,10-11,15-18,26,29,31-32H,4,7-9,12-14,19-25,37H2,1-2H3,(H2,38,42)(H,39,43)(H,40,45)/t29-,31-,32+/m0/s1. The van der Waals surface area contributed by atoms with Gasteiger partial charge in [-0.25, -0.2) is 13.2 Å². The summed E-state index contributed by atoms with van der Waals surface area (Å²) in [7, 11) is -4.07. The van der Waals surface area contributed by atoms with Crippen LogP contribution in [0.15, 0.2) is 59.5 Å². The molecule has 0 aliphatic carbocycles. The summed E-state index contributed by atoms with van der Waals surface area (Å²) in [5, 5.41) is 5.66. The lowest BCUT2D eigenvalue weighted by molar-refractivity contribution is -0.151. The number of nitrogen functional groups attached to an aromatic ring is 1. The smallest absolute Gasteiger partial charge is 0.407 e. The summed E-state index contributed by atoms with van der Waals surface area (Å²) in [5.41, 5.74) is 12.2. The molecule has 3 amide bonds. The minimum absolute atomic E-state index is 0.0376. The van der Waals surface area contributed by atoms with Crippen LogP contribution < -0.4 is 22.1 Å². The molecule has 2 aromatic carbocycles. The normalized spacial score (nSPS) is 15.6. The third-order valence-electron chi connectivity index (χ3n) is 8.17. The van der Waals surface area contributed by atoms with Crippen molar-refractivity contribution in [1.82, 2.24) is 14.9 Å². The lowest BCUT2D eigenvalue weighted by Gasteiger charge is -2.33. The molecule has 3 rings (SSSR count). The highest BCUT2D eigenvalue weighted by atomic mass is 32.2. The minimum Gasteiger partial charge on any atom is -0.459 e. The molecule has 3 atom stereocenters. The van der Waals surface area contributed by atoms with E-state index in [4.69, 9.17) is 25.7 Å². The van der Waals surface area contributed by atoms with E-state index in [0.29, 0.717) is 50.9 Å². The zero-order chi connectivity index (χ0) is 37.2. The number of anilines is 1. The van der Waals surface area contributed by atoms with Gasteiger partial charge in [0, 0.05) is 44.5 Å². The highest BCUT2D eigenvalue weighted by Crippen LogP contribution is 2.22. The first-order valence-corrected chi connectivity index (χ1v) is 19.0. The molecule has 1 saturated heterocycles. The number of sulfonamides is 1. The summed E-state index contributed by atoms with van der Waals surface area (Å²) in [6, 6.07) is 14.3. The van der Waals surface area contributed by atoms with Crippen LogP contribution in [0.1, 0.15) is 70.8 Å². The number of ether oxygens (including phenoxy) is 3. The van der Waals surface area contributed by atoms with E-state index < -0.39 is 46.2 Å². The molecular formula is C36H53N5O9S. The van der Waals surface area contributed by atoms with Gasteiger partial charge in [0.2, 0.25) is 21.8 Å². The Morgan fingerprint density at radius 2 is 1.67 bits per heavy atom. The van der Waals surface area contributed by atoms with Gasteiger partial charge in [-0.05, 0) is 61.4 Å². The number of unbranched alkanes of at least 4 members (excludes halogenated alkanes) is 2. The van der Waals surface area contributed by atoms with Gasteiger partial charge in [0.15, 0.2) is 0 Å². The second kappa shape index (κ2) is 21.2. The van der Waals surface area contributed by atoms with E-state index in [0.717, 1.165) is 5.56 Å². The Balaban J connectivity index is 1.78. The SMILES string of the molecule is CC(C)CN(C[C@@H](OC(=O)CCCCCNC(=O)CCCC(N)=O)[C@H](Cc1ccccc1)NC(=O)O[C@H]1CCOC1)S(=O)(=O)c1ccc(N)cc1. The molecule has 14 nitrogen and oxygen atoms in total. The van der Waals surface area contributed by atoms with Crippen molar-refractivity contribution in [3.63, 3.8) is 0 Å². The number of nitrogens with two attached hydrogens (primary N) is 2. The van der Waals surface area contributed by atoms with Gasteiger partial charge in [0.05, 0.1) is 30.7 Å². The minimum atomic E-state index is -4.07. The van der Waals surface area contributed by atoms with Gasteiger partial charge >= 0.3 is 12.1 Å². The molecule has 6 N–H and O–H groups in total. The number of esters is 1. The monoisotopic (exact) mass is 731 g/mol. The first-order chi connectivity index (χ1) is 24.3. The molecule has 0 radical (unpaired) electrons. The second-order valence-electron chi connectivity index (χ2n) is 13.1. The van der Waals surface area contributed by atoms with Crippen LogP contribution in [0.4, 0.5) is 10.5 Å². The van der Waals surface area contributed by atoms with Gasteiger partial charge in [-0.2, -0.15) is 4.31 Å². The fraction of sp³-hybridized carbons (Fsp3) is 0.556. The van der Waals surface area contributed by atoms with Gasteiger partial charge in [-0.15, -0.1) is 0 Å². The van der Waals surface area contributed by atoms with E-state index in [1.54, 1.807) is 0 Å². The predicted molar refractivity (Wildman–Crippen MR) is 192 cm³/mol. The molecule has 0 bridgehead atoms. The van der Waals surface area contributed by atoms with Crippen LogP contribution in [-0.4, -0.2) is 87.7 Å². The molecule has 0 unspecified atom stereocenters. The van der Waals surface area contributed by atoms with Crippen LogP contribution in [0.5, 0.6) is 0 Å². The zero-order valence-electron chi connectivity index (χ0n) is 29.6. The van der Waals surface area contributed by atoms with Crippen LogP contribution in [0.2, 0.25) is 0 Å². The number of nitrogens with zero attached hydrogens (tertiary/aromatic N) is 1. The number of alkyl carbamates (subject to hydrolysis) is 1. The van der Waals surface area contributed by atoms with Crippen molar-refractivity contribution in [2.75, 3.05) is 38.6 Å².